The first-order valence-corrected chi connectivity index (χ1v) is 24.3. The van der Waals surface area contributed by atoms with Crippen LogP contribution in [0.4, 0.5) is 0 Å². The van der Waals surface area contributed by atoms with Gasteiger partial charge in [-0.2, -0.15) is 0 Å². The summed E-state index contributed by atoms with van der Waals surface area (Å²) in [5.41, 5.74) is 3.58. The number of hydrogen-bond donors (Lipinski definition) is 0. The first-order chi connectivity index (χ1) is 27.3. The lowest BCUT2D eigenvalue weighted by Gasteiger charge is -2.31. The summed E-state index contributed by atoms with van der Waals surface area (Å²) in [5.74, 6) is 1.09. The molecule has 0 N–H and O–H groups in total. The molecule has 0 heterocycles. The maximum absolute atomic E-state index is 5.67. The Morgan fingerprint density at radius 2 is 0.638 bits per heavy atom. The van der Waals surface area contributed by atoms with Crippen LogP contribution in [-0.4, -0.2) is 58.8 Å². The molecule has 0 spiro atoms. The van der Waals surface area contributed by atoms with E-state index in [0.717, 1.165) is 0 Å². The van der Waals surface area contributed by atoms with Crippen LogP contribution in [0, 0.1) is 0 Å². The molecule has 0 bridgehead atoms. The van der Waals surface area contributed by atoms with Gasteiger partial charge in [-0.05, 0) is 99.0 Å². The third kappa shape index (κ3) is 12.5. The highest BCUT2D eigenvalue weighted by atomic mass is 28.4. The van der Waals surface area contributed by atoms with Crippen molar-refractivity contribution in [1.82, 2.24) is 0 Å². The molecular weight excluding hydrogens is 753 g/mol. The minimum absolute atomic E-state index is 0. The van der Waals surface area contributed by atoms with Crippen LogP contribution in [0.25, 0.3) is 43.1 Å². The molecular formula is C50H74O6Si2. The fraction of sp³-hybridized carbons (Fsp3) is 0.440. The highest BCUT2D eigenvalue weighted by Gasteiger charge is 2.44. The fourth-order valence-corrected chi connectivity index (χ4v) is 11.9. The van der Waals surface area contributed by atoms with Crippen LogP contribution in [0.1, 0.15) is 107 Å². The van der Waals surface area contributed by atoms with E-state index in [0.29, 0.717) is 42.7 Å². The van der Waals surface area contributed by atoms with Gasteiger partial charge in [-0.3, -0.25) is 0 Å². The number of benzene rings is 6. The molecule has 6 rings (SSSR count). The van der Waals surface area contributed by atoms with Gasteiger partial charge in [-0.25, -0.2) is 0 Å². The van der Waals surface area contributed by atoms with E-state index >= 15 is 0 Å². The van der Waals surface area contributed by atoms with Crippen LogP contribution in [0.2, 0.25) is 11.1 Å². The zero-order valence-corrected chi connectivity index (χ0v) is 39.3. The Bertz CT molecular complexity index is 1830. The van der Waals surface area contributed by atoms with Crippen molar-refractivity contribution in [2.75, 3.05) is 41.2 Å². The molecule has 8 heteroatoms. The Kier molecular flexibility index (Phi) is 21.5. The molecule has 0 atom stereocenters. The van der Waals surface area contributed by atoms with Gasteiger partial charge in [-0.1, -0.05) is 160 Å². The van der Waals surface area contributed by atoms with E-state index in [9.17, 15) is 0 Å². The summed E-state index contributed by atoms with van der Waals surface area (Å²) in [6.07, 6.45) is 0. The third-order valence-corrected chi connectivity index (χ3v) is 16.7. The molecule has 0 unspecified atom stereocenters. The van der Waals surface area contributed by atoms with E-state index in [1.807, 2.05) is 34.6 Å². The molecule has 58 heavy (non-hydrogen) atoms. The van der Waals surface area contributed by atoms with Gasteiger partial charge in [0.15, 0.2) is 0 Å². The maximum atomic E-state index is 5.67. The molecule has 0 aliphatic heterocycles. The first-order valence-electron chi connectivity index (χ1n) is 20.7. The normalized spacial score (nSPS) is 11.7. The van der Waals surface area contributed by atoms with E-state index in [1.54, 1.807) is 21.3 Å². The lowest BCUT2D eigenvalue weighted by atomic mass is 9.90. The Morgan fingerprint density at radius 1 is 0.397 bits per heavy atom. The van der Waals surface area contributed by atoms with E-state index in [1.165, 1.54) is 54.2 Å². The molecule has 0 radical (unpaired) electrons. The summed E-state index contributed by atoms with van der Waals surface area (Å²) >= 11 is 0. The van der Waals surface area contributed by atoms with E-state index < -0.39 is 17.6 Å². The van der Waals surface area contributed by atoms with Gasteiger partial charge in [0.25, 0.3) is 0 Å². The summed E-state index contributed by atoms with van der Waals surface area (Å²) in [4.78, 5) is 0. The lowest BCUT2D eigenvalue weighted by Crippen LogP contribution is -2.48. The predicted octanol–water partition coefficient (Wildman–Crippen LogP) is 14.6. The predicted molar refractivity (Wildman–Crippen MR) is 255 cm³/mol. The number of hydrogen-bond acceptors (Lipinski definition) is 6. The van der Waals surface area contributed by atoms with Crippen molar-refractivity contribution in [3.8, 4) is 0 Å². The average molecular weight is 827 g/mol. The van der Waals surface area contributed by atoms with Crippen LogP contribution in [0.15, 0.2) is 109 Å². The van der Waals surface area contributed by atoms with Crippen LogP contribution in [-0.2, 0) is 26.6 Å². The smallest absolute Gasteiger partial charge is 0.377 e. The quantitative estimate of drug-likeness (QED) is 0.0854. The van der Waals surface area contributed by atoms with Crippen molar-refractivity contribution in [1.29, 1.82) is 0 Å². The van der Waals surface area contributed by atoms with Crippen molar-refractivity contribution < 1.29 is 26.6 Å². The number of rotatable bonds is 13. The second kappa shape index (κ2) is 24.6. The Morgan fingerprint density at radius 3 is 0.810 bits per heavy atom. The van der Waals surface area contributed by atoms with Gasteiger partial charge in [0.2, 0.25) is 0 Å². The molecule has 318 valence electrons. The van der Waals surface area contributed by atoms with Crippen LogP contribution < -0.4 is 0 Å². The van der Waals surface area contributed by atoms with Crippen molar-refractivity contribution in [2.24, 2.45) is 0 Å². The SMILES string of the molecule is C.CC(C)c1c2ccccc2cc2ccccc12.CC(C)c1c2ccccc2cc2ccccc12.CCO[Si](OCC)(OCC)C(C)C.CO[Si](OC)(OC)C(C)C. The number of fused-ring (bicyclic) bond motifs is 4. The van der Waals surface area contributed by atoms with E-state index in [-0.39, 0.29) is 7.43 Å². The summed E-state index contributed by atoms with van der Waals surface area (Å²) in [6, 6.07) is 39.3. The Balaban J connectivity index is 0.000000272. The standard InChI is InChI=1S/2C17H16.C9H22O3Si.C6H16O3Si.CH4/c2*1-12(2)17-15-9-5-3-7-13(15)11-14-8-4-6-10-16(14)17;1-6-10-13(9(4)5,11-7-2)12-8-3;1-6(2)10(7-3,8-4)9-5;/h2*3-12H,1-2H3;9H,6-8H2,1-5H3;6H,1-5H3;1H4. The minimum Gasteiger partial charge on any atom is -0.377 e. The summed E-state index contributed by atoms with van der Waals surface area (Å²) in [7, 11) is 0.205. The minimum atomic E-state index is -2.37. The second-order valence-electron chi connectivity index (χ2n) is 15.2. The van der Waals surface area contributed by atoms with E-state index in [4.69, 9.17) is 26.6 Å². The van der Waals surface area contributed by atoms with Crippen molar-refractivity contribution in [3.05, 3.63) is 120 Å². The molecule has 0 saturated carbocycles. The zero-order valence-electron chi connectivity index (χ0n) is 37.3. The topological polar surface area (TPSA) is 55.4 Å². The van der Waals surface area contributed by atoms with Gasteiger partial charge >= 0.3 is 17.6 Å². The summed E-state index contributed by atoms with van der Waals surface area (Å²) in [6.45, 7) is 25.2. The molecule has 0 saturated heterocycles. The van der Waals surface area contributed by atoms with E-state index in [2.05, 4.69) is 151 Å². The van der Waals surface area contributed by atoms with Gasteiger partial charge in [0.05, 0.1) is 0 Å². The molecule has 6 nitrogen and oxygen atoms in total. The van der Waals surface area contributed by atoms with Gasteiger partial charge in [-0.15, -0.1) is 0 Å². The van der Waals surface area contributed by atoms with Crippen molar-refractivity contribution in [2.45, 2.75) is 107 Å². The molecule has 0 aliphatic carbocycles. The molecule has 6 aromatic rings. The molecule has 0 fully saturated rings. The maximum Gasteiger partial charge on any atom is 0.503 e. The second-order valence-corrected chi connectivity index (χ2v) is 22.0. The molecule has 0 aliphatic rings. The van der Waals surface area contributed by atoms with Gasteiger partial charge < -0.3 is 26.6 Å². The first kappa shape index (κ1) is 50.7. The highest BCUT2D eigenvalue weighted by molar-refractivity contribution is 6.62. The van der Waals surface area contributed by atoms with Crippen molar-refractivity contribution in [3.63, 3.8) is 0 Å². The van der Waals surface area contributed by atoms with Gasteiger partial charge in [0, 0.05) is 52.2 Å². The average Bonchev–Trinajstić information content (AvgIpc) is 3.20. The van der Waals surface area contributed by atoms with Gasteiger partial charge in [0.1, 0.15) is 0 Å². The fourth-order valence-electron chi connectivity index (χ4n) is 7.53. The zero-order chi connectivity index (χ0) is 42.2. The molecule has 0 amide bonds. The van der Waals surface area contributed by atoms with Crippen LogP contribution in [0.3, 0.4) is 0 Å². The van der Waals surface area contributed by atoms with Crippen molar-refractivity contribution >= 4 is 60.7 Å². The van der Waals surface area contributed by atoms with Crippen LogP contribution >= 0.6 is 0 Å². The third-order valence-electron chi connectivity index (χ3n) is 10.1. The Labute approximate surface area is 353 Å². The summed E-state index contributed by atoms with van der Waals surface area (Å²) in [5, 5.41) is 10.9. The Hall–Kier alpha value is -3.45. The molecule has 0 aromatic heterocycles. The molecule has 6 aromatic carbocycles. The highest BCUT2D eigenvalue weighted by Crippen LogP contribution is 2.34. The van der Waals surface area contributed by atoms with Crippen LogP contribution in [0.5, 0.6) is 0 Å². The monoisotopic (exact) mass is 827 g/mol. The summed E-state index contributed by atoms with van der Waals surface area (Å²) < 4.78 is 32.6. The largest absolute Gasteiger partial charge is 0.503 e. The lowest BCUT2D eigenvalue weighted by molar-refractivity contribution is 0.0641.